The van der Waals surface area contributed by atoms with Crippen molar-refractivity contribution in [1.29, 1.82) is 0 Å². The fourth-order valence-corrected chi connectivity index (χ4v) is 2.81. The number of hydrogen-bond acceptors (Lipinski definition) is 6. The van der Waals surface area contributed by atoms with Crippen molar-refractivity contribution in [3.05, 3.63) is 33.9 Å². The first-order valence-electron chi connectivity index (χ1n) is 8.00. The molecule has 2 rings (SSSR count). The summed E-state index contributed by atoms with van der Waals surface area (Å²) in [5, 5.41) is 19.9. The van der Waals surface area contributed by atoms with Gasteiger partial charge in [0.1, 0.15) is 5.69 Å². The van der Waals surface area contributed by atoms with Crippen LogP contribution < -0.4 is 5.73 Å². The van der Waals surface area contributed by atoms with Gasteiger partial charge in [0.25, 0.3) is 11.6 Å². The van der Waals surface area contributed by atoms with Gasteiger partial charge in [-0.3, -0.25) is 24.5 Å². The van der Waals surface area contributed by atoms with E-state index in [0.717, 1.165) is 6.07 Å². The molecule has 140 valence electrons. The second-order valence-corrected chi connectivity index (χ2v) is 6.19. The van der Waals surface area contributed by atoms with Crippen LogP contribution in [0.3, 0.4) is 0 Å². The number of nitrogens with two attached hydrogens (primary N) is 1. The minimum absolute atomic E-state index is 0.0495. The highest BCUT2D eigenvalue weighted by molar-refractivity contribution is 5.97. The van der Waals surface area contributed by atoms with Gasteiger partial charge < -0.3 is 20.6 Å². The Morgan fingerprint density at radius 2 is 1.96 bits per heavy atom. The highest BCUT2D eigenvalue weighted by Crippen LogP contribution is 2.23. The third-order valence-electron chi connectivity index (χ3n) is 4.39. The minimum atomic E-state index is -0.866. The Morgan fingerprint density at radius 1 is 1.35 bits per heavy atom. The predicted molar refractivity (Wildman–Crippen MR) is 91.4 cm³/mol. The van der Waals surface area contributed by atoms with Gasteiger partial charge >= 0.3 is 5.97 Å². The van der Waals surface area contributed by atoms with Crippen LogP contribution in [0.5, 0.6) is 0 Å². The molecule has 0 aromatic heterocycles. The van der Waals surface area contributed by atoms with Gasteiger partial charge in [0, 0.05) is 31.8 Å². The number of likely N-dealkylation sites (N-methyl/N-ethyl adjacent to an activating group) is 1. The summed E-state index contributed by atoms with van der Waals surface area (Å²) in [4.78, 5) is 48.6. The summed E-state index contributed by atoms with van der Waals surface area (Å²) in [5.41, 5.74) is 5.15. The molecule has 3 N–H and O–H groups in total. The summed E-state index contributed by atoms with van der Waals surface area (Å²) in [6, 6.07) is 3.72. The zero-order chi connectivity index (χ0) is 19.4. The van der Waals surface area contributed by atoms with Gasteiger partial charge in [-0.25, -0.2) is 0 Å². The van der Waals surface area contributed by atoms with Gasteiger partial charge in [0.05, 0.1) is 17.4 Å². The van der Waals surface area contributed by atoms with Crippen LogP contribution in [0.1, 0.15) is 23.2 Å². The number of amides is 2. The first kappa shape index (κ1) is 19.2. The van der Waals surface area contributed by atoms with Crippen LogP contribution in [-0.4, -0.2) is 64.3 Å². The molecule has 0 spiro atoms. The number of aliphatic carboxylic acids is 1. The maximum Gasteiger partial charge on any atom is 0.306 e. The fourth-order valence-electron chi connectivity index (χ4n) is 2.81. The minimum Gasteiger partial charge on any atom is -0.481 e. The highest BCUT2D eigenvalue weighted by atomic mass is 16.6. The number of carboxylic acid groups (broad SMARTS) is 1. The predicted octanol–water partition coefficient (Wildman–Crippen LogP) is 0.572. The average Bonchev–Trinajstić information content (AvgIpc) is 2.61. The van der Waals surface area contributed by atoms with E-state index in [2.05, 4.69) is 0 Å². The molecule has 0 aliphatic carbocycles. The van der Waals surface area contributed by atoms with Crippen molar-refractivity contribution in [2.45, 2.75) is 12.8 Å². The number of nitrogens with zero attached hydrogens (tertiary/aromatic N) is 3. The van der Waals surface area contributed by atoms with E-state index in [1.54, 1.807) is 0 Å². The number of hydrogen-bond donors (Lipinski definition) is 2. The Balaban J connectivity index is 1.99. The Labute approximate surface area is 149 Å². The number of carbonyl (C=O) groups is 3. The number of carbonyl (C=O) groups excluding carboxylic acids is 2. The van der Waals surface area contributed by atoms with E-state index in [1.165, 1.54) is 29.0 Å². The van der Waals surface area contributed by atoms with Gasteiger partial charge in [-0.05, 0) is 25.0 Å². The van der Waals surface area contributed by atoms with Crippen LogP contribution in [0.2, 0.25) is 0 Å². The zero-order valence-electron chi connectivity index (χ0n) is 14.3. The topological polar surface area (TPSA) is 147 Å². The molecule has 0 radical (unpaired) electrons. The molecular formula is C16H20N4O6. The second kappa shape index (κ2) is 7.81. The van der Waals surface area contributed by atoms with Crippen molar-refractivity contribution in [2.75, 3.05) is 32.4 Å². The Hall–Kier alpha value is -3.17. The molecule has 0 bridgehead atoms. The van der Waals surface area contributed by atoms with Gasteiger partial charge in [0.2, 0.25) is 5.91 Å². The number of piperidine rings is 1. The number of rotatable bonds is 5. The lowest BCUT2D eigenvalue weighted by Gasteiger charge is -2.31. The van der Waals surface area contributed by atoms with E-state index >= 15 is 0 Å². The average molecular weight is 364 g/mol. The standard InChI is InChI=1S/C16H20N4O6/c1-18(9-14(21)19-6-4-10(5-7-19)16(23)24)15(22)11-2-3-12(17)13(8-11)20(25)26/h2-3,8,10H,4-7,9,17H2,1H3,(H,23,24). The van der Waals surface area contributed by atoms with E-state index in [4.69, 9.17) is 10.8 Å². The normalized spacial score (nSPS) is 14.7. The van der Waals surface area contributed by atoms with Crippen molar-refractivity contribution < 1.29 is 24.4 Å². The van der Waals surface area contributed by atoms with Gasteiger partial charge in [0.15, 0.2) is 0 Å². The number of likely N-dealkylation sites (tertiary alicyclic amines) is 1. The highest BCUT2D eigenvalue weighted by Gasteiger charge is 2.28. The smallest absolute Gasteiger partial charge is 0.306 e. The molecule has 1 aliphatic heterocycles. The van der Waals surface area contributed by atoms with E-state index in [1.807, 2.05) is 0 Å². The maximum atomic E-state index is 12.4. The lowest BCUT2D eigenvalue weighted by atomic mass is 9.97. The molecule has 1 saturated heterocycles. The molecule has 0 unspecified atom stereocenters. The van der Waals surface area contributed by atoms with Gasteiger partial charge in [-0.1, -0.05) is 0 Å². The molecule has 1 aromatic carbocycles. The fraction of sp³-hybridized carbons (Fsp3) is 0.438. The number of benzene rings is 1. The summed E-state index contributed by atoms with van der Waals surface area (Å²) in [7, 11) is 1.42. The molecule has 0 saturated carbocycles. The SMILES string of the molecule is CN(CC(=O)N1CCC(C(=O)O)CC1)C(=O)c1ccc(N)c([N+](=O)[O-])c1. The third kappa shape index (κ3) is 4.26. The number of nitro groups is 1. The van der Waals surface area contributed by atoms with Crippen molar-refractivity contribution in [3.63, 3.8) is 0 Å². The largest absolute Gasteiger partial charge is 0.481 e. The molecule has 1 fully saturated rings. The van der Waals surface area contributed by atoms with Gasteiger partial charge in [-0.2, -0.15) is 0 Å². The van der Waals surface area contributed by atoms with Crippen molar-refractivity contribution in [2.24, 2.45) is 5.92 Å². The monoisotopic (exact) mass is 364 g/mol. The van der Waals surface area contributed by atoms with Crippen LogP contribution in [0.25, 0.3) is 0 Å². The van der Waals surface area contributed by atoms with Crippen LogP contribution in [0.15, 0.2) is 18.2 Å². The van der Waals surface area contributed by atoms with Gasteiger partial charge in [-0.15, -0.1) is 0 Å². The first-order chi connectivity index (χ1) is 12.2. The van der Waals surface area contributed by atoms with Crippen LogP contribution in [-0.2, 0) is 9.59 Å². The number of nitrogen functional groups attached to an aromatic ring is 1. The molecule has 1 heterocycles. The third-order valence-corrected chi connectivity index (χ3v) is 4.39. The Morgan fingerprint density at radius 3 is 2.50 bits per heavy atom. The summed E-state index contributed by atoms with van der Waals surface area (Å²) < 4.78 is 0. The molecule has 26 heavy (non-hydrogen) atoms. The number of nitro benzene ring substituents is 1. The summed E-state index contributed by atoms with van der Waals surface area (Å²) >= 11 is 0. The second-order valence-electron chi connectivity index (χ2n) is 6.19. The van der Waals surface area contributed by atoms with E-state index in [9.17, 15) is 24.5 Å². The van der Waals surface area contributed by atoms with E-state index < -0.39 is 22.7 Å². The lowest BCUT2D eigenvalue weighted by molar-refractivity contribution is -0.383. The zero-order valence-corrected chi connectivity index (χ0v) is 14.3. The van der Waals surface area contributed by atoms with Crippen molar-refractivity contribution in [3.8, 4) is 0 Å². The van der Waals surface area contributed by atoms with Crippen LogP contribution in [0.4, 0.5) is 11.4 Å². The summed E-state index contributed by atoms with van der Waals surface area (Å²) in [6.07, 6.45) is 0.756. The molecule has 1 aromatic rings. The quantitative estimate of drug-likeness (QED) is 0.441. The number of anilines is 1. The van der Waals surface area contributed by atoms with Crippen LogP contribution >= 0.6 is 0 Å². The maximum absolute atomic E-state index is 12.4. The van der Waals surface area contributed by atoms with Crippen molar-refractivity contribution >= 4 is 29.2 Å². The first-order valence-corrected chi connectivity index (χ1v) is 8.00. The van der Waals surface area contributed by atoms with Crippen LogP contribution in [0, 0.1) is 16.0 Å². The Kier molecular flexibility index (Phi) is 5.75. The lowest BCUT2D eigenvalue weighted by Crippen LogP contribution is -2.45. The molecule has 10 heteroatoms. The summed E-state index contributed by atoms with van der Waals surface area (Å²) in [5.74, 6) is -2.15. The van der Waals surface area contributed by atoms with E-state index in [0.29, 0.717) is 25.9 Å². The Bertz CT molecular complexity index is 742. The van der Waals surface area contributed by atoms with E-state index in [-0.39, 0.29) is 29.4 Å². The molecule has 2 amide bonds. The van der Waals surface area contributed by atoms with Crippen molar-refractivity contribution in [1.82, 2.24) is 9.80 Å². The molecule has 10 nitrogen and oxygen atoms in total. The molecule has 1 aliphatic rings. The summed E-state index contributed by atoms with van der Waals surface area (Å²) in [6.45, 7) is 0.449. The molecule has 0 atom stereocenters. The molecular weight excluding hydrogens is 344 g/mol. The number of carboxylic acids is 1.